The summed E-state index contributed by atoms with van der Waals surface area (Å²) in [5.41, 5.74) is 2.17. The van der Waals surface area contributed by atoms with E-state index in [-0.39, 0.29) is 17.9 Å². The van der Waals surface area contributed by atoms with E-state index >= 15 is 0 Å². The molecule has 6 nitrogen and oxygen atoms in total. The van der Waals surface area contributed by atoms with E-state index in [9.17, 15) is 0 Å². The van der Waals surface area contributed by atoms with Gasteiger partial charge in [-0.3, -0.25) is 0 Å². The summed E-state index contributed by atoms with van der Waals surface area (Å²) in [5.74, 6) is 0. The van der Waals surface area contributed by atoms with E-state index in [4.69, 9.17) is 20.9 Å². The fourth-order valence-corrected chi connectivity index (χ4v) is 1.99. The van der Waals surface area contributed by atoms with Crippen molar-refractivity contribution < 1.29 is 5.11 Å². The number of nitrogens with one attached hydrogen (secondary N) is 1. The van der Waals surface area contributed by atoms with Crippen molar-refractivity contribution >= 4 is 11.4 Å². The average Bonchev–Trinajstić information content (AvgIpc) is 2.54. The van der Waals surface area contributed by atoms with Crippen LogP contribution in [0.25, 0.3) is 0 Å². The van der Waals surface area contributed by atoms with Crippen LogP contribution in [0, 0.1) is 40.9 Å². The number of rotatable bonds is 6. The van der Waals surface area contributed by atoms with Crippen molar-refractivity contribution in [1.82, 2.24) is 0 Å². The van der Waals surface area contributed by atoms with Crippen molar-refractivity contribution in [2.75, 3.05) is 29.9 Å². The molecule has 0 aromatic heterocycles. The number of nitriles is 3. The third kappa shape index (κ3) is 3.99. The standard InChI is InChI=1S/C16H17N5O/c1-3-21(6-7-22)14-4-5-15(12(2)8-14)20-16(11-19)13(9-17)10-18/h4-5,8,20,22H,3,6-7H2,1-2H3. The molecule has 0 saturated carbocycles. The smallest absolute Gasteiger partial charge is 0.163 e. The summed E-state index contributed by atoms with van der Waals surface area (Å²) in [5, 5.41) is 38.6. The number of nitrogens with zero attached hydrogens (tertiary/aromatic N) is 4. The Hall–Kier alpha value is -3.01. The zero-order valence-electron chi connectivity index (χ0n) is 12.6. The molecule has 0 bridgehead atoms. The van der Waals surface area contributed by atoms with Gasteiger partial charge in [0.05, 0.1) is 6.61 Å². The molecule has 6 heteroatoms. The van der Waals surface area contributed by atoms with Crippen LogP contribution in [0.5, 0.6) is 0 Å². The molecule has 1 aromatic rings. The normalized spacial score (nSPS) is 9.09. The Balaban J connectivity index is 3.11. The molecule has 0 radical (unpaired) electrons. The van der Waals surface area contributed by atoms with Crippen molar-refractivity contribution in [2.24, 2.45) is 0 Å². The van der Waals surface area contributed by atoms with Crippen LogP contribution >= 0.6 is 0 Å². The number of anilines is 2. The van der Waals surface area contributed by atoms with Gasteiger partial charge >= 0.3 is 0 Å². The van der Waals surface area contributed by atoms with Gasteiger partial charge in [0, 0.05) is 24.5 Å². The van der Waals surface area contributed by atoms with Crippen LogP contribution in [0.2, 0.25) is 0 Å². The van der Waals surface area contributed by atoms with E-state index in [0.717, 1.165) is 17.8 Å². The highest BCUT2D eigenvalue weighted by Crippen LogP contribution is 2.24. The fraction of sp³-hybridized carbons (Fsp3) is 0.312. The summed E-state index contributed by atoms with van der Waals surface area (Å²) in [6.45, 7) is 5.25. The minimum atomic E-state index is -0.249. The van der Waals surface area contributed by atoms with Gasteiger partial charge in [-0.15, -0.1) is 0 Å². The molecule has 0 aliphatic heterocycles. The molecule has 0 aliphatic rings. The highest BCUT2D eigenvalue weighted by Gasteiger charge is 2.10. The Morgan fingerprint density at radius 2 is 1.91 bits per heavy atom. The Morgan fingerprint density at radius 3 is 2.36 bits per heavy atom. The van der Waals surface area contributed by atoms with Crippen molar-refractivity contribution in [3.63, 3.8) is 0 Å². The topological polar surface area (TPSA) is 107 Å². The van der Waals surface area contributed by atoms with Gasteiger partial charge in [0.15, 0.2) is 5.57 Å². The molecule has 0 atom stereocenters. The molecule has 0 aliphatic carbocycles. The van der Waals surface area contributed by atoms with E-state index < -0.39 is 0 Å². The van der Waals surface area contributed by atoms with Gasteiger partial charge in [0.25, 0.3) is 0 Å². The average molecular weight is 295 g/mol. The van der Waals surface area contributed by atoms with Crippen LogP contribution in [-0.2, 0) is 0 Å². The number of aliphatic hydroxyl groups excluding tert-OH is 1. The van der Waals surface area contributed by atoms with Gasteiger partial charge in [0.1, 0.15) is 23.9 Å². The summed E-state index contributed by atoms with van der Waals surface area (Å²) in [6, 6.07) is 10.8. The maximum atomic E-state index is 9.06. The molecule has 0 spiro atoms. The lowest BCUT2D eigenvalue weighted by Crippen LogP contribution is -2.26. The van der Waals surface area contributed by atoms with Crippen molar-refractivity contribution in [2.45, 2.75) is 13.8 Å². The number of hydrogen-bond donors (Lipinski definition) is 2. The quantitative estimate of drug-likeness (QED) is 0.778. The molecule has 22 heavy (non-hydrogen) atoms. The highest BCUT2D eigenvalue weighted by atomic mass is 16.3. The Kier molecular flexibility index (Phi) is 6.44. The number of hydrogen-bond acceptors (Lipinski definition) is 6. The second-order valence-electron chi connectivity index (χ2n) is 4.51. The number of benzene rings is 1. The summed E-state index contributed by atoms with van der Waals surface area (Å²) in [4.78, 5) is 2.02. The van der Waals surface area contributed by atoms with Gasteiger partial charge in [0.2, 0.25) is 0 Å². The number of allylic oxidation sites excluding steroid dienone is 2. The molecule has 112 valence electrons. The van der Waals surface area contributed by atoms with E-state index in [1.807, 2.05) is 36.9 Å². The molecule has 1 aromatic carbocycles. The second-order valence-corrected chi connectivity index (χ2v) is 4.51. The Morgan fingerprint density at radius 1 is 1.23 bits per heavy atom. The molecule has 0 amide bonds. The van der Waals surface area contributed by atoms with Gasteiger partial charge in [-0.25, -0.2) is 0 Å². The first kappa shape index (κ1) is 17.0. The first-order valence-electron chi connectivity index (χ1n) is 6.79. The van der Waals surface area contributed by atoms with Crippen LogP contribution in [0.15, 0.2) is 29.5 Å². The zero-order chi connectivity index (χ0) is 16.5. The third-order valence-electron chi connectivity index (χ3n) is 3.17. The first-order valence-corrected chi connectivity index (χ1v) is 6.79. The second kappa shape index (κ2) is 8.32. The van der Waals surface area contributed by atoms with E-state index in [1.54, 1.807) is 18.2 Å². The van der Waals surface area contributed by atoms with Gasteiger partial charge in [-0.2, -0.15) is 15.8 Å². The number of aliphatic hydroxyl groups is 1. The lowest BCUT2D eigenvalue weighted by atomic mass is 10.1. The van der Waals surface area contributed by atoms with Crippen LogP contribution < -0.4 is 10.2 Å². The predicted octanol–water partition coefficient (Wildman–Crippen LogP) is 2.05. The van der Waals surface area contributed by atoms with Gasteiger partial charge < -0.3 is 15.3 Å². The zero-order valence-corrected chi connectivity index (χ0v) is 12.6. The maximum Gasteiger partial charge on any atom is 0.163 e. The molecule has 0 heterocycles. The third-order valence-corrected chi connectivity index (χ3v) is 3.17. The van der Waals surface area contributed by atoms with Gasteiger partial charge in [-0.05, 0) is 37.6 Å². The summed E-state index contributed by atoms with van der Waals surface area (Å²) in [6.07, 6.45) is 0. The Bertz CT molecular complexity index is 672. The van der Waals surface area contributed by atoms with Crippen molar-refractivity contribution in [3.8, 4) is 18.2 Å². The van der Waals surface area contributed by atoms with E-state index in [1.165, 1.54) is 0 Å². The largest absolute Gasteiger partial charge is 0.395 e. The summed E-state index contributed by atoms with van der Waals surface area (Å²) < 4.78 is 0. The van der Waals surface area contributed by atoms with Crippen molar-refractivity contribution in [3.05, 3.63) is 35.0 Å². The number of likely N-dealkylation sites (N-methyl/N-ethyl adjacent to an activating group) is 1. The highest BCUT2D eigenvalue weighted by molar-refractivity contribution is 5.65. The summed E-state index contributed by atoms with van der Waals surface area (Å²) in [7, 11) is 0. The van der Waals surface area contributed by atoms with Gasteiger partial charge in [-0.1, -0.05) is 0 Å². The lowest BCUT2D eigenvalue weighted by molar-refractivity contribution is 0.302. The molecule has 2 N–H and O–H groups in total. The van der Waals surface area contributed by atoms with E-state index in [2.05, 4.69) is 5.32 Å². The molecule has 0 saturated heterocycles. The van der Waals surface area contributed by atoms with Crippen molar-refractivity contribution in [1.29, 1.82) is 15.8 Å². The monoisotopic (exact) mass is 295 g/mol. The van der Waals surface area contributed by atoms with Crippen LogP contribution in [-0.4, -0.2) is 24.8 Å². The molecule has 0 unspecified atom stereocenters. The number of aryl methyl sites for hydroxylation is 1. The van der Waals surface area contributed by atoms with Crippen LogP contribution in [0.3, 0.4) is 0 Å². The van der Waals surface area contributed by atoms with Crippen LogP contribution in [0.4, 0.5) is 11.4 Å². The summed E-state index contributed by atoms with van der Waals surface area (Å²) >= 11 is 0. The molecular formula is C16H17N5O. The fourth-order valence-electron chi connectivity index (χ4n) is 1.99. The first-order chi connectivity index (χ1) is 10.6. The SMILES string of the molecule is CCN(CCO)c1ccc(NC(C#N)=C(C#N)C#N)c(C)c1. The molecule has 1 rings (SSSR count). The van der Waals surface area contributed by atoms with E-state index in [0.29, 0.717) is 12.2 Å². The molecular weight excluding hydrogens is 278 g/mol. The predicted molar refractivity (Wildman–Crippen MR) is 83.6 cm³/mol. The minimum Gasteiger partial charge on any atom is -0.395 e. The van der Waals surface area contributed by atoms with Crippen LogP contribution in [0.1, 0.15) is 12.5 Å². The Labute approximate surface area is 130 Å². The lowest BCUT2D eigenvalue weighted by Gasteiger charge is -2.23. The minimum absolute atomic E-state index is 0.0662. The molecule has 0 fully saturated rings. The maximum absolute atomic E-state index is 9.06.